The number of rotatable bonds is 5. The van der Waals surface area contributed by atoms with E-state index in [2.05, 4.69) is 4.74 Å². The molecule has 4 nitrogen and oxygen atoms in total. The van der Waals surface area contributed by atoms with Crippen LogP contribution in [0.4, 0.5) is 0 Å². The summed E-state index contributed by atoms with van der Waals surface area (Å²) in [6.45, 7) is 0. The monoisotopic (exact) mass is 321 g/mol. The number of ether oxygens (including phenoxy) is 2. The van der Waals surface area contributed by atoms with Gasteiger partial charge in [-0.15, -0.1) is 12.4 Å². The number of esters is 1. The van der Waals surface area contributed by atoms with Crippen LogP contribution < -0.4 is 10.5 Å². The molecular formula is C17H20ClNO3. The number of hydrogen-bond acceptors (Lipinski definition) is 4. The molecule has 0 aliphatic rings. The molecule has 2 aromatic rings. The van der Waals surface area contributed by atoms with Crippen LogP contribution in [0.15, 0.2) is 48.5 Å². The summed E-state index contributed by atoms with van der Waals surface area (Å²) in [5.74, 6) is 0.431. The molecule has 1 unspecified atom stereocenters. The van der Waals surface area contributed by atoms with Crippen molar-refractivity contribution in [3.05, 3.63) is 54.1 Å². The summed E-state index contributed by atoms with van der Waals surface area (Å²) in [4.78, 5) is 11.3. The predicted molar refractivity (Wildman–Crippen MR) is 89.4 cm³/mol. The number of benzene rings is 2. The summed E-state index contributed by atoms with van der Waals surface area (Å²) in [6, 6.07) is 15.1. The molecular weight excluding hydrogens is 302 g/mol. The Kier molecular flexibility index (Phi) is 6.89. The molecule has 2 aromatic carbocycles. The molecule has 0 bridgehead atoms. The van der Waals surface area contributed by atoms with E-state index in [9.17, 15) is 4.79 Å². The highest BCUT2D eigenvalue weighted by Crippen LogP contribution is 2.29. The maximum Gasteiger partial charge on any atom is 0.322 e. The lowest BCUT2D eigenvalue weighted by Crippen LogP contribution is -2.33. The molecule has 2 N–H and O–H groups in total. The van der Waals surface area contributed by atoms with Crippen molar-refractivity contribution in [2.24, 2.45) is 5.73 Å². The van der Waals surface area contributed by atoms with Gasteiger partial charge in [0.1, 0.15) is 11.8 Å². The van der Waals surface area contributed by atoms with Gasteiger partial charge in [-0.1, -0.05) is 42.5 Å². The van der Waals surface area contributed by atoms with Crippen molar-refractivity contribution >= 4 is 18.4 Å². The Hall–Kier alpha value is -2.04. The summed E-state index contributed by atoms with van der Waals surface area (Å²) in [6.07, 6.45) is 0.457. The lowest BCUT2D eigenvalue weighted by atomic mass is 10.0. The van der Waals surface area contributed by atoms with Crippen molar-refractivity contribution in [2.75, 3.05) is 14.2 Å². The molecule has 0 aliphatic heterocycles. The van der Waals surface area contributed by atoms with Crippen molar-refractivity contribution in [2.45, 2.75) is 12.5 Å². The molecule has 0 fully saturated rings. The van der Waals surface area contributed by atoms with E-state index in [0.29, 0.717) is 6.42 Å². The smallest absolute Gasteiger partial charge is 0.322 e. The van der Waals surface area contributed by atoms with E-state index in [1.54, 1.807) is 7.11 Å². The summed E-state index contributed by atoms with van der Waals surface area (Å²) in [5, 5.41) is 0. The van der Waals surface area contributed by atoms with Crippen molar-refractivity contribution < 1.29 is 14.3 Å². The number of halogens is 1. The fourth-order valence-corrected chi connectivity index (χ4v) is 2.19. The highest BCUT2D eigenvalue weighted by Gasteiger charge is 2.14. The molecule has 1 atom stereocenters. The number of carbonyl (C=O) groups excluding carboxylic acids is 1. The minimum atomic E-state index is -0.632. The molecule has 0 amide bonds. The molecule has 5 heteroatoms. The minimum Gasteiger partial charge on any atom is -0.496 e. The Bertz CT molecular complexity index is 614. The fourth-order valence-electron chi connectivity index (χ4n) is 2.19. The number of nitrogens with two attached hydrogens (primary N) is 1. The van der Waals surface area contributed by atoms with Gasteiger partial charge in [-0.05, 0) is 23.6 Å². The molecule has 22 heavy (non-hydrogen) atoms. The van der Waals surface area contributed by atoms with Gasteiger partial charge >= 0.3 is 5.97 Å². The molecule has 0 saturated carbocycles. The van der Waals surface area contributed by atoms with Crippen LogP contribution in [0.5, 0.6) is 5.75 Å². The lowest BCUT2D eigenvalue weighted by Gasteiger charge is -2.11. The Morgan fingerprint density at radius 1 is 1.09 bits per heavy atom. The van der Waals surface area contributed by atoms with Gasteiger partial charge in [-0.2, -0.15) is 0 Å². The number of methoxy groups -OCH3 is 2. The zero-order chi connectivity index (χ0) is 15.2. The summed E-state index contributed by atoms with van der Waals surface area (Å²) in [7, 11) is 3.00. The van der Waals surface area contributed by atoms with Gasteiger partial charge < -0.3 is 15.2 Å². The van der Waals surface area contributed by atoms with E-state index in [1.807, 2.05) is 48.5 Å². The van der Waals surface area contributed by atoms with Gasteiger partial charge in [0.2, 0.25) is 0 Å². The largest absolute Gasteiger partial charge is 0.496 e. The third-order valence-corrected chi connectivity index (χ3v) is 3.33. The molecule has 0 aromatic heterocycles. The number of hydrogen-bond donors (Lipinski definition) is 1. The second kappa shape index (κ2) is 8.41. The molecule has 0 radical (unpaired) electrons. The van der Waals surface area contributed by atoms with E-state index in [0.717, 1.165) is 22.4 Å². The lowest BCUT2D eigenvalue weighted by molar-refractivity contribution is -0.142. The second-order valence-electron chi connectivity index (χ2n) is 4.73. The van der Waals surface area contributed by atoms with Crippen LogP contribution in [-0.4, -0.2) is 26.2 Å². The maximum atomic E-state index is 11.3. The third-order valence-electron chi connectivity index (χ3n) is 3.33. The average Bonchev–Trinajstić information content (AvgIpc) is 2.54. The van der Waals surface area contributed by atoms with Gasteiger partial charge in [0.25, 0.3) is 0 Å². The Morgan fingerprint density at radius 2 is 1.73 bits per heavy atom. The van der Waals surface area contributed by atoms with Gasteiger partial charge in [-0.3, -0.25) is 4.79 Å². The highest BCUT2D eigenvalue weighted by molar-refractivity contribution is 5.85. The minimum absolute atomic E-state index is 0. The molecule has 118 valence electrons. The molecule has 2 rings (SSSR count). The second-order valence-corrected chi connectivity index (χ2v) is 4.73. The van der Waals surface area contributed by atoms with E-state index >= 15 is 0 Å². The van der Waals surface area contributed by atoms with Gasteiger partial charge in [0.15, 0.2) is 0 Å². The van der Waals surface area contributed by atoms with E-state index < -0.39 is 12.0 Å². The molecule has 0 heterocycles. The average molecular weight is 322 g/mol. The summed E-state index contributed by atoms with van der Waals surface area (Å²) >= 11 is 0. The summed E-state index contributed by atoms with van der Waals surface area (Å²) < 4.78 is 9.99. The SMILES string of the molecule is COC(=O)C(N)Cc1ccc(-c2ccccc2OC)cc1.Cl. The van der Waals surface area contributed by atoms with E-state index in [1.165, 1.54) is 7.11 Å². The molecule has 0 spiro atoms. The van der Waals surface area contributed by atoms with E-state index in [4.69, 9.17) is 10.5 Å². The first-order valence-electron chi connectivity index (χ1n) is 6.71. The molecule has 0 aliphatic carbocycles. The predicted octanol–water partition coefficient (Wildman–Crippen LogP) is 2.83. The topological polar surface area (TPSA) is 61.5 Å². The van der Waals surface area contributed by atoms with Crippen LogP contribution in [-0.2, 0) is 16.0 Å². The summed E-state index contributed by atoms with van der Waals surface area (Å²) in [5.41, 5.74) is 8.84. The zero-order valence-corrected chi connectivity index (χ0v) is 13.4. The zero-order valence-electron chi connectivity index (χ0n) is 12.6. The first-order valence-corrected chi connectivity index (χ1v) is 6.71. The van der Waals surface area contributed by atoms with Crippen molar-refractivity contribution in [1.82, 2.24) is 0 Å². The Labute approximate surface area is 136 Å². The highest BCUT2D eigenvalue weighted by atomic mass is 35.5. The number of carbonyl (C=O) groups is 1. The van der Waals surface area contributed by atoms with Crippen LogP contribution >= 0.6 is 12.4 Å². The van der Waals surface area contributed by atoms with Crippen molar-refractivity contribution in [1.29, 1.82) is 0 Å². The number of para-hydroxylation sites is 1. The Morgan fingerprint density at radius 3 is 2.32 bits per heavy atom. The maximum absolute atomic E-state index is 11.3. The first-order chi connectivity index (χ1) is 10.2. The van der Waals surface area contributed by atoms with Crippen LogP contribution in [0.3, 0.4) is 0 Å². The van der Waals surface area contributed by atoms with Crippen LogP contribution in [0.25, 0.3) is 11.1 Å². The van der Waals surface area contributed by atoms with Gasteiger partial charge in [0.05, 0.1) is 14.2 Å². The van der Waals surface area contributed by atoms with Crippen LogP contribution in [0.1, 0.15) is 5.56 Å². The van der Waals surface area contributed by atoms with Crippen molar-refractivity contribution in [3.63, 3.8) is 0 Å². The van der Waals surface area contributed by atoms with E-state index in [-0.39, 0.29) is 12.4 Å². The van der Waals surface area contributed by atoms with Gasteiger partial charge in [0, 0.05) is 5.56 Å². The Balaban J connectivity index is 0.00000242. The first kappa shape index (κ1) is 18.0. The molecule has 0 saturated heterocycles. The third kappa shape index (κ3) is 4.23. The van der Waals surface area contributed by atoms with Crippen LogP contribution in [0, 0.1) is 0 Å². The standard InChI is InChI=1S/C17H19NO3.ClH/c1-20-16-6-4-3-5-14(16)13-9-7-12(8-10-13)11-15(18)17(19)21-2;/h3-10,15H,11,18H2,1-2H3;1H. The van der Waals surface area contributed by atoms with Crippen LogP contribution in [0.2, 0.25) is 0 Å². The fraction of sp³-hybridized carbons (Fsp3) is 0.235. The van der Waals surface area contributed by atoms with Gasteiger partial charge in [-0.25, -0.2) is 0 Å². The van der Waals surface area contributed by atoms with Crippen molar-refractivity contribution in [3.8, 4) is 16.9 Å². The quantitative estimate of drug-likeness (QED) is 0.860. The normalized spacial score (nSPS) is 11.2.